The average molecular weight is 478 g/mol. The summed E-state index contributed by atoms with van der Waals surface area (Å²) in [5.41, 5.74) is 0.0693. The second-order valence-electron chi connectivity index (χ2n) is 6.73. The van der Waals surface area contributed by atoms with Crippen molar-refractivity contribution in [1.82, 2.24) is 4.31 Å². The molecule has 3 rings (SSSR count). The van der Waals surface area contributed by atoms with Gasteiger partial charge in [-0.25, -0.2) is 8.42 Å². The predicted octanol–water partition coefficient (Wildman–Crippen LogP) is 4.31. The fourth-order valence-corrected chi connectivity index (χ4v) is 6.72. The molecule has 2 aromatic rings. The molecule has 0 spiro atoms. The van der Waals surface area contributed by atoms with Crippen molar-refractivity contribution in [2.24, 2.45) is 0 Å². The molecule has 1 aliphatic heterocycles. The molecular formula is C20H22F3NO5S2. The van der Waals surface area contributed by atoms with Gasteiger partial charge in [-0.1, -0.05) is 12.1 Å². The topological polar surface area (TPSA) is 65.1 Å². The Bertz CT molecular complexity index is 1030. The van der Waals surface area contributed by atoms with Crippen LogP contribution in [0.3, 0.4) is 0 Å². The first-order valence-electron chi connectivity index (χ1n) is 9.18. The molecule has 31 heavy (non-hydrogen) atoms. The van der Waals surface area contributed by atoms with E-state index >= 15 is 0 Å². The first kappa shape index (κ1) is 23.6. The highest BCUT2D eigenvalue weighted by Gasteiger charge is 2.38. The second kappa shape index (κ2) is 9.17. The van der Waals surface area contributed by atoms with Crippen molar-refractivity contribution in [1.29, 1.82) is 0 Å². The summed E-state index contributed by atoms with van der Waals surface area (Å²) >= 11 is 1.43. The molecule has 1 heterocycles. The molecule has 2 aromatic carbocycles. The number of benzene rings is 2. The molecule has 1 unspecified atom stereocenters. The van der Waals surface area contributed by atoms with Crippen molar-refractivity contribution >= 4 is 21.8 Å². The fourth-order valence-electron chi connectivity index (χ4n) is 3.31. The molecule has 0 aromatic heterocycles. The first-order valence-corrected chi connectivity index (χ1v) is 11.8. The normalized spacial score (nSPS) is 17.5. The molecule has 6 nitrogen and oxygen atoms in total. The van der Waals surface area contributed by atoms with Crippen LogP contribution in [0.1, 0.15) is 22.1 Å². The zero-order valence-corrected chi connectivity index (χ0v) is 18.7. The minimum Gasteiger partial charge on any atom is -0.496 e. The van der Waals surface area contributed by atoms with E-state index in [-0.39, 0.29) is 12.1 Å². The predicted molar refractivity (Wildman–Crippen MR) is 112 cm³/mol. The van der Waals surface area contributed by atoms with Crippen molar-refractivity contribution in [3.05, 3.63) is 53.1 Å². The number of hydrogen-bond acceptors (Lipinski definition) is 6. The van der Waals surface area contributed by atoms with Crippen LogP contribution in [-0.2, 0) is 22.0 Å². The van der Waals surface area contributed by atoms with E-state index in [9.17, 15) is 21.6 Å². The number of sulfonamides is 1. The maximum atomic E-state index is 13.1. The molecule has 170 valence electrons. The second-order valence-corrected chi connectivity index (χ2v) is 9.84. The number of methoxy groups -OCH3 is 3. The number of rotatable bonds is 7. The Balaban J connectivity index is 1.90. The Kier molecular flexibility index (Phi) is 6.97. The van der Waals surface area contributed by atoms with Crippen LogP contribution in [0.15, 0.2) is 36.4 Å². The first-order chi connectivity index (χ1) is 14.6. The molecule has 1 fully saturated rings. The summed E-state index contributed by atoms with van der Waals surface area (Å²) in [6, 6.07) is 7.47. The van der Waals surface area contributed by atoms with E-state index in [2.05, 4.69) is 0 Å². The lowest BCUT2D eigenvalue weighted by molar-refractivity contribution is -0.137. The van der Waals surface area contributed by atoms with E-state index in [4.69, 9.17) is 14.2 Å². The molecule has 0 amide bonds. The molecule has 1 atom stereocenters. The number of hydrogen-bond donors (Lipinski definition) is 0. The smallest absolute Gasteiger partial charge is 0.416 e. The van der Waals surface area contributed by atoms with Crippen LogP contribution in [-0.4, -0.2) is 46.4 Å². The van der Waals surface area contributed by atoms with Crippen LogP contribution in [0.25, 0.3) is 0 Å². The van der Waals surface area contributed by atoms with Crippen LogP contribution in [0.4, 0.5) is 13.2 Å². The van der Waals surface area contributed by atoms with Crippen molar-refractivity contribution in [2.45, 2.75) is 17.3 Å². The van der Waals surface area contributed by atoms with Gasteiger partial charge in [0.25, 0.3) is 0 Å². The van der Waals surface area contributed by atoms with Gasteiger partial charge in [0.15, 0.2) is 11.5 Å². The Labute approximate surface area is 183 Å². The van der Waals surface area contributed by atoms with E-state index in [0.29, 0.717) is 28.6 Å². The van der Waals surface area contributed by atoms with E-state index < -0.39 is 32.9 Å². The van der Waals surface area contributed by atoms with Crippen molar-refractivity contribution in [2.75, 3.05) is 33.6 Å². The lowest BCUT2D eigenvalue weighted by atomic mass is 10.1. The number of nitrogens with zero attached hydrogens (tertiary/aromatic N) is 1. The molecule has 0 radical (unpaired) electrons. The van der Waals surface area contributed by atoms with Gasteiger partial charge >= 0.3 is 6.18 Å². The van der Waals surface area contributed by atoms with Gasteiger partial charge in [0.1, 0.15) is 5.75 Å². The monoisotopic (exact) mass is 477 g/mol. The number of alkyl halides is 3. The summed E-state index contributed by atoms with van der Waals surface area (Å²) in [5.74, 6) is 1.49. The summed E-state index contributed by atoms with van der Waals surface area (Å²) in [7, 11) is 0.632. The lowest BCUT2D eigenvalue weighted by Gasteiger charge is -2.25. The Morgan fingerprint density at radius 3 is 2.13 bits per heavy atom. The van der Waals surface area contributed by atoms with Crippen LogP contribution in [0.5, 0.6) is 17.2 Å². The zero-order valence-electron chi connectivity index (χ0n) is 17.1. The summed E-state index contributed by atoms with van der Waals surface area (Å²) in [6.45, 7) is 0.274. The number of thioether (sulfide) groups is 1. The lowest BCUT2D eigenvalue weighted by Crippen LogP contribution is -2.31. The third kappa shape index (κ3) is 5.04. The van der Waals surface area contributed by atoms with Gasteiger partial charge in [0.05, 0.1) is 38.0 Å². The van der Waals surface area contributed by atoms with Gasteiger partial charge in [-0.05, 0) is 23.8 Å². The zero-order chi connectivity index (χ0) is 22.8. The third-order valence-corrected chi connectivity index (χ3v) is 8.02. The molecule has 0 bridgehead atoms. The average Bonchev–Trinajstić information content (AvgIpc) is 3.23. The van der Waals surface area contributed by atoms with Gasteiger partial charge in [0, 0.05) is 23.9 Å². The highest BCUT2D eigenvalue weighted by molar-refractivity contribution is 8.00. The minimum atomic E-state index is -4.47. The highest BCUT2D eigenvalue weighted by Crippen LogP contribution is 2.47. The van der Waals surface area contributed by atoms with Crippen LogP contribution in [0.2, 0.25) is 0 Å². The minimum absolute atomic E-state index is 0.274. The van der Waals surface area contributed by atoms with Crippen LogP contribution >= 0.6 is 11.8 Å². The summed E-state index contributed by atoms with van der Waals surface area (Å²) < 4.78 is 82.0. The van der Waals surface area contributed by atoms with Gasteiger partial charge in [-0.15, -0.1) is 11.8 Å². The van der Waals surface area contributed by atoms with Gasteiger partial charge in [-0.3, -0.25) is 0 Å². The summed E-state index contributed by atoms with van der Waals surface area (Å²) in [4.78, 5) is 0. The summed E-state index contributed by atoms with van der Waals surface area (Å²) in [6.07, 6.45) is -4.47. The van der Waals surface area contributed by atoms with Crippen LogP contribution in [0, 0.1) is 0 Å². The molecule has 1 saturated heterocycles. The fraction of sp³-hybridized carbons (Fsp3) is 0.400. The van der Waals surface area contributed by atoms with Gasteiger partial charge < -0.3 is 14.2 Å². The van der Waals surface area contributed by atoms with Crippen molar-refractivity contribution < 1.29 is 35.8 Å². The molecule has 0 N–H and O–H groups in total. The van der Waals surface area contributed by atoms with E-state index in [1.54, 1.807) is 12.1 Å². The van der Waals surface area contributed by atoms with E-state index in [1.165, 1.54) is 49.5 Å². The molecule has 0 aliphatic carbocycles. The van der Waals surface area contributed by atoms with Crippen molar-refractivity contribution in [3.8, 4) is 17.2 Å². The maximum Gasteiger partial charge on any atom is 0.416 e. The van der Waals surface area contributed by atoms with Crippen LogP contribution < -0.4 is 14.2 Å². The SMILES string of the molecule is COc1cc(OC)c(C2SCCN2S(=O)(=O)Cc2ccc(C(F)(F)F)cc2)cc1OC. The Hall–Kier alpha value is -2.11. The number of ether oxygens (including phenoxy) is 3. The molecule has 0 saturated carbocycles. The Morgan fingerprint density at radius 1 is 1.00 bits per heavy atom. The van der Waals surface area contributed by atoms with Gasteiger partial charge in [-0.2, -0.15) is 17.5 Å². The Morgan fingerprint density at radius 2 is 1.58 bits per heavy atom. The van der Waals surface area contributed by atoms with E-state index in [1.807, 2.05) is 0 Å². The van der Waals surface area contributed by atoms with Gasteiger partial charge in [0.2, 0.25) is 10.0 Å². The largest absolute Gasteiger partial charge is 0.496 e. The maximum absolute atomic E-state index is 13.1. The summed E-state index contributed by atoms with van der Waals surface area (Å²) in [5, 5.41) is -0.561. The molecular weight excluding hydrogens is 455 g/mol. The highest BCUT2D eigenvalue weighted by atomic mass is 32.2. The molecule has 11 heteroatoms. The number of halogens is 3. The van der Waals surface area contributed by atoms with Crippen molar-refractivity contribution in [3.63, 3.8) is 0 Å². The van der Waals surface area contributed by atoms with E-state index in [0.717, 1.165) is 12.1 Å². The molecule has 1 aliphatic rings. The standard InChI is InChI=1S/C20H22F3NO5S2/c1-27-16-11-18(29-3)17(28-2)10-15(16)19-24(8-9-30-19)31(25,26)12-13-4-6-14(7-5-13)20(21,22)23/h4-7,10-11,19H,8-9,12H2,1-3H3. The third-order valence-electron chi connectivity index (χ3n) is 4.84. The quantitative estimate of drug-likeness (QED) is 0.592.